The Morgan fingerprint density at radius 1 is 1.42 bits per heavy atom. The van der Waals surface area contributed by atoms with E-state index < -0.39 is 6.03 Å². The molecule has 0 aromatic heterocycles. The van der Waals surface area contributed by atoms with Crippen molar-refractivity contribution >= 4 is 11.9 Å². The second kappa shape index (κ2) is 4.06. The van der Waals surface area contributed by atoms with Crippen LogP contribution in [0.4, 0.5) is 4.79 Å². The van der Waals surface area contributed by atoms with E-state index in [1.165, 1.54) is 0 Å². The second-order valence-electron chi connectivity index (χ2n) is 2.78. The van der Waals surface area contributed by atoms with Crippen molar-refractivity contribution in [3.63, 3.8) is 0 Å². The van der Waals surface area contributed by atoms with Gasteiger partial charge in [0.1, 0.15) is 6.04 Å². The van der Waals surface area contributed by atoms with Gasteiger partial charge < -0.3 is 0 Å². The van der Waals surface area contributed by atoms with Gasteiger partial charge in [0.2, 0.25) is 5.91 Å². The Balaban J connectivity index is 2.35. The predicted molar refractivity (Wildman–Crippen MR) is 43.1 cm³/mol. The van der Waals surface area contributed by atoms with Crippen LogP contribution in [0.5, 0.6) is 0 Å². The number of nitrogens with one attached hydrogen (secondary N) is 3. The van der Waals surface area contributed by atoms with E-state index in [4.69, 9.17) is 0 Å². The summed E-state index contributed by atoms with van der Waals surface area (Å²) < 4.78 is 0. The number of imide groups is 1. The zero-order chi connectivity index (χ0) is 8.97. The summed E-state index contributed by atoms with van der Waals surface area (Å²) in [5, 5.41) is 2.19. The highest BCUT2D eigenvalue weighted by Gasteiger charge is 2.24. The van der Waals surface area contributed by atoms with Gasteiger partial charge in [0.15, 0.2) is 0 Å². The number of hydrogen-bond acceptors (Lipinski definition) is 3. The van der Waals surface area contributed by atoms with E-state index in [9.17, 15) is 9.59 Å². The molecule has 1 fully saturated rings. The smallest absolute Gasteiger partial charge is 0.276 e. The average Bonchev–Trinajstić information content (AvgIpc) is 2.03. The Bertz CT molecular complexity index is 193. The summed E-state index contributed by atoms with van der Waals surface area (Å²) in [5.41, 5.74) is 4.99. The molecule has 1 unspecified atom stereocenters. The number of carbonyl (C=O) groups excluding carboxylic acids is 2. The van der Waals surface area contributed by atoms with Crippen molar-refractivity contribution in [3.8, 4) is 0 Å². The van der Waals surface area contributed by atoms with Crippen LogP contribution in [0.25, 0.3) is 0 Å². The molecular formula is C7H13N3O2. The molecule has 1 heterocycles. The lowest BCUT2D eigenvalue weighted by molar-refractivity contribution is -0.123. The molecule has 1 rings (SSSR count). The fraction of sp³-hybridized carbons (Fsp3) is 0.714. The number of hydrogen-bond donors (Lipinski definition) is 3. The molecule has 0 aromatic rings. The molecule has 0 bridgehead atoms. The van der Waals surface area contributed by atoms with Gasteiger partial charge in [0.05, 0.1) is 0 Å². The lowest BCUT2D eigenvalue weighted by Crippen LogP contribution is -2.62. The van der Waals surface area contributed by atoms with Gasteiger partial charge in [-0.2, -0.15) is 0 Å². The molecule has 68 valence electrons. The summed E-state index contributed by atoms with van der Waals surface area (Å²) in [5.74, 6) is -0.243. The van der Waals surface area contributed by atoms with Crippen LogP contribution in [-0.2, 0) is 4.79 Å². The Morgan fingerprint density at radius 3 is 2.75 bits per heavy atom. The summed E-state index contributed by atoms with van der Waals surface area (Å²) in [6.45, 7) is 2.05. The van der Waals surface area contributed by atoms with Crippen LogP contribution in [0.15, 0.2) is 0 Å². The molecule has 3 N–H and O–H groups in total. The van der Waals surface area contributed by atoms with Gasteiger partial charge in [0, 0.05) is 0 Å². The van der Waals surface area contributed by atoms with Gasteiger partial charge in [-0.05, 0) is 6.42 Å². The van der Waals surface area contributed by atoms with Crippen LogP contribution < -0.4 is 16.2 Å². The molecule has 0 radical (unpaired) electrons. The second-order valence-corrected chi connectivity index (χ2v) is 2.78. The number of urea groups is 1. The van der Waals surface area contributed by atoms with E-state index in [1.807, 2.05) is 0 Å². The average molecular weight is 171 g/mol. The van der Waals surface area contributed by atoms with E-state index in [1.54, 1.807) is 0 Å². The lowest BCUT2D eigenvalue weighted by atomic mass is 10.1. The highest BCUT2D eigenvalue weighted by molar-refractivity contribution is 5.98. The molecule has 0 spiro atoms. The quantitative estimate of drug-likeness (QED) is 0.555. The molecule has 3 amide bonds. The van der Waals surface area contributed by atoms with Crippen LogP contribution >= 0.6 is 0 Å². The Morgan fingerprint density at radius 2 is 2.17 bits per heavy atom. The van der Waals surface area contributed by atoms with Gasteiger partial charge in [0.25, 0.3) is 0 Å². The monoisotopic (exact) mass is 171 g/mol. The van der Waals surface area contributed by atoms with E-state index in [2.05, 4.69) is 23.1 Å². The summed E-state index contributed by atoms with van der Waals surface area (Å²) >= 11 is 0. The van der Waals surface area contributed by atoms with Crippen LogP contribution in [0.1, 0.15) is 26.2 Å². The highest BCUT2D eigenvalue weighted by atomic mass is 16.2. The molecule has 1 aliphatic rings. The first-order valence-corrected chi connectivity index (χ1v) is 4.10. The lowest BCUT2D eigenvalue weighted by Gasteiger charge is -2.22. The summed E-state index contributed by atoms with van der Waals surface area (Å²) in [7, 11) is 0. The van der Waals surface area contributed by atoms with E-state index in [0.29, 0.717) is 0 Å². The zero-order valence-electron chi connectivity index (χ0n) is 7.02. The summed E-state index contributed by atoms with van der Waals surface area (Å²) in [4.78, 5) is 21.7. The molecule has 1 aliphatic heterocycles. The fourth-order valence-corrected chi connectivity index (χ4v) is 1.06. The third-order valence-corrected chi connectivity index (χ3v) is 1.76. The van der Waals surface area contributed by atoms with Crippen molar-refractivity contribution < 1.29 is 9.59 Å². The van der Waals surface area contributed by atoms with Crippen LogP contribution in [0.3, 0.4) is 0 Å². The first-order valence-electron chi connectivity index (χ1n) is 4.10. The highest BCUT2D eigenvalue weighted by Crippen LogP contribution is 2.01. The molecule has 1 atom stereocenters. The largest absolute Gasteiger partial charge is 0.335 e. The number of amides is 3. The molecule has 0 saturated carbocycles. The third kappa shape index (κ3) is 2.20. The van der Waals surface area contributed by atoms with Crippen molar-refractivity contribution in [1.82, 2.24) is 16.2 Å². The number of rotatable bonds is 3. The molecule has 12 heavy (non-hydrogen) atoms. The maximum atomic E-state index is 11.1. The Labute approximate surface area is 70.9 Å². The topological polar surface area (TPSA) is 70.2 Å². The summed E-state index contributed by atoms with van der Waals surface area (Å²) in [6, 6.07) is -0.754. The fourth-order valence-electron chi connectivity index (χ4n) is 1.06. The van der Waals surface area contributed by atoms with Crippen LogP contribution in [-0.4, -0.2) is 18.0 Å². The zero-order valence-corrected chi connectivity index (χ0v) is 7.02. The van der Waals surface area contributed by atoms with Crippen LogP contribution in [0, 0.1) is 0 Å². The first kappa shape index (κ1) is 8.99. The van der Waals surface area contributed by atoms with Crippen molar-refractivity contribution in [3.05, 3.63) is 0 Å². The molecule has 5 nitrogen and oxygen atoms in total. The maximum absolute atomic E-state index is 11.1. The molecule has 0 aliphatic carbocycles. The van der Waals surface area contributed by atoms with Crippen molar-refractivity contribution in [2.24, 2.45) is 0 Å². The minimum absolute atomic E-state index is 0.243. The molecule has 5 heteroatoms. The standard InChI is InChI=1S/C7H13N3O2/c1-2-3-4-5-6(11)8-7(12)10-9-5/h5,9H,2-4H2,1H3,(H2,8,10,11,12). The minimum atomic E-state index is -0.479. The molecule has 0 aromatic carbocycles. The minimum Gasteiger partial charge on any atom is -0.276 e. The van der Waals surface area contributed by atoms with E-state index in [-0.39, 0.29) is 11.9 Å². The Hall–Kier alpha value is -1.10. The van der Waals surface area contributed by atoms with Crippen molar-refractivity contribution in [2.75, 3.05) is 0 Å². The van der Waals surface area contributed by atoms with Gasteiger partial charge in [-0.1, -0.05) is 19.8 Å². The van der Waals surface area contributed by atoms with Crippen LogP contribution in [0.2, 0.25) is 0 Å². The number of carbonyl (C=O) groups is 2. The normalized spacial score (nSPS) is 23.2. The van der Waals surface area contributed by atoms with E-state index in [0.717, 1.165) is 19.3 Å². The summed E-state index contributed by atoms with van der Waals surface area (Å²) in [6.07, 6.45) is 2.77. The first-order chi connectivity index (χ1) is 5.74. The van der Waals surface area contributed by atoms with Gasteiger partial charge in [-0.15, -0.1) is 0 Å². The number of unbranched alkanes of at least 4 members (excludes halogenated alkanes) is 1. The Kier molecular flexibility index (Phi) is 3.04. The predicted octanol–water partition coefficient (Wildman–Crippen LogP) is -0.111. The van der Waals surface area contributed by atoms with Gasteiger partial charge >= 0.3 is 6.03 Å². The van der Waals surface area contributed by atoms with Crippen molar-refractivity contribution in [2.45, 2.75) is 32.2 Å². The van der Waals surface area contributed by atoms with Gasteiger partial charge in [-0.25, -0.2) is 10.2 Å². The molecular weight excluding hydrogens is 158 g/mol. The molecule has 1 saturated heterocycles. The number of hydrazine groups is 1. The third-order valence-electron chi connectivity index (χ3n) is 1.76. The SMILES string of the molecule is CCCCC1NNC(=O)NC1=O. The van der Waals surface area contributed by atoms with Gasteiger partial charge in [-0.3, -0.25) is 15.5 Å². The van der Waals surface area contributed by atoms with Crippen molar-refractivity contribution in [1.29, 1.82) is 0 Å². The van der Waals surface area contributed by atoms with E-state index >= 15 is 0 Å². The maximum Gasteiger partial charge on any atom is 0.335 e.